The molecule has 1 unspecified atom stereocenters. The number of aromatic nitrogens is 2. The maximum Gasteiger partial charge on any atom is 0.318 e. The average Bonchev–Trinajstić information content (AvgIpc) is 2.96. The molecule has 2 heterocycles. The molecule has 2 N–H and O–H groups in total. The van der Waals surface area contributed by atoms with Crippen LogP contribution in [0.4, 0.5) is 4.79 Å². The van der Waals surface area contributed by atoms with Gasteiger partial charge >= 0.3 is 6.03 Å². The first-order valence-corrected chi connectivity index (χ1v) is 13.0. The van der Waals surface area contributed by atoms with Crippen LogP contribution in [0.3, 0.4) is 0 Å². The zero-order valence-electron chi connectivity index (χ0n) is 21.0. The Labute approximate surface area is 218 Å². The third-order valence-corrected chi connectivity index (χ3v) is 6.83. The summed E-state index contributed by atoms with van der Waals surface area (Å²) in [5, 5.41) is 6.59. The van der Waals surface area contributed by atoms with Crippen LogP contribution in [0, 0.1) is 0 Å². The van der Waals surface area contributed by atoms with Crippen molar-refractivity contribution in [1.29, 1.82) is 0 Å². The van der Waals surface area contributed by atoms with Gasteiger partial charge in [-0.25, -0.2) is 4.79 Å². The van der Waals surface area contributed by atoms with Crippen LogP contribution in [0.25, 0.3) is 0 Å². The minimum atomic E-state index is -0.0616. The number of fused-ring (bicyclic) bond motifs is 1. The van der Waals surface area contributed by atoms with Gasteiger partial charge in [0.15, 0.2) is 0 Å². The summed E-state index contributed by atoms with van der Waals surface area (Å²) in [7, 11) is 0. The van der Waals surface area contributed by atoms with Crippen LogP contribution in [0.15, 0.2) is 97.3 Å². The van der Waals surface area contributed by atoms with Crippen LogP contribution >= 0.6 is 0 Å². The van der Waals surface area contributed by atoms with E-state index in [0.29, 0.717) is 13.1 Å². The van der Waals surface area contributed by atoms with Gasteiger partial charge in [-0.1, -0.05) is 66.7 Å². The quantitative estimate of drug-likeness (QED) is 0.322. The topological polar surface area (TPSA) is 70.2 Å². The van der Waals surface area contributed by atoms with Gasteiger partial charge < -0.3 is 15.5 Å². The molecule has 0 fully saturated rings. The monoisotopic (exact) mass is 491 g/mol. The second kappa shape index (κ2) is 12.3. The fourth-order valence-corrected chi connectivity index (χ4v) is 4.88. The summed E-state index contributed by atoms with van der Waals surface area (Å²) in [6.45, 7) is 2.52. The third kappa shape index (κ3) is 6.60. The van der Waals surface area contributed by atoms with E-state index in [1.807, 2.05) is 71.9 Å². The predicted octanol–water partition coefficient (Wildman–Crippen LogP) is 5.56. The normalized spacial score (nSPS) is 14.5. The van der Waals surface area contributed by atoms with E-state index < -0.39 is 0 Å². The molecular formula is C31H33N5O. The molecule has 6 heteroatoms. The van der Waals surface area contributed by atoms with E-state index in [-0.39, 0.29) is 12.1 Å². The first kappa shape index (κ1) is 24.7. The Balaban J connectivity index is 1.28. The van der Waals surface area contributed by atoms with Crippen molar-refractivity contribution in [3.63, 3.8) is 0 Å². The molecule has 0 radical (unpaired) electrons. The number of benzene rings is 2. The number of amides is 2. The number of hydrogen-bond donors (Lipinski definition) is 2. The Morgan fingerprint density at radius 2 is 1.54 bits per heavy atom. The van der Waals surface area contributed by atoms with Gasteiger partial charge in [0.05, 0.1) is 17.4 Å². The van der Waals surface area contributed by atoms with Crippen LogP contribution in [0.5, 0.6) is 0 Å². The molecular weight excluding hydrogens is 458 g/mol. The minimum absolute atomic E-state index is 0.0413. The molecule has 37 heavy (non-hydrogen) atoms. The highest BCUT2D eigenvalue weighted by atomic mass is 16.2. The lowest BCUT2D eigenvalue weighted by atomic mass is 9.90. The highest BCUT2D eigenvalue weighted by Gasteiger charge is 2.30. The first-order valence-electron chi connectivity index (χ1n) is 13.0. The third-order valence-electron chi connectivity index (χ3n) is 6.83. The Bertz CT molecular complexity index is 1280. The smallest absolute Gasteiger partial charge is 0.318 e. The van der Waals surface area contributed by atoms with E-state index in [1.165, 1.54) is 11.1 Å². The number of aryl methyl sites for hydroxylation is 1. The van der Waals surface area contributed by atoms with Gasteiger partial charge in [-0.15, -0.1) is 0 Å². The summed E-state index contributed by atoms with van der Waals surface area (Å²) in [6.07, 6.45) is 6.63. The molecule has 2 aromatic carbocycles. The van der Waals surface area contributed by atoms with Crippen molar-refractivity contribution in [2.45, 2.75) is 51.5 Å². The van der Waals surface area contributed by atoms with Crippen molar-refractivity contribution in [2.24, 2.45) is 0 Å². The number of pyridine rings is 2. The van der Waals surface area contributed by atoms with Crippen molar-refractivity contribution in [2.75, 3.05) is 0 Å². The van der Waals surface area contributed by atoms with Crippen molar-refractivity contribution in [3.05, 3.63) is 131 Å². The number of carbonyl (C=O) groups is 1. The Hall–Kier alpha value is -4.03. The van der Waals surface area contributed by atoms with Gasteiger partial charge in [0.2, 0.25) is 0 Å². The molecule has 1 aliphatic carbocycles. The predicted molar refractivity (Wildman–Crippen MR) is 145 cm³/mol. The molecule has 5 rings (SSSR count). The van der Waals surface area contributed by atoms with Crippen molar-refractivity contribution in [1.82, 2.24) is 25.5 Å². The molecule has 2 amide bonds. The van der Waals surface area contributed by atoms with Gasteiger partial charge in [0.1, 0.15) is 0 Å². The Morgan fingerprint density at radius 1 is 0.784 bits per heavy atom. The summed E-state index contributed by atoms with van der Waals surface area (Å²) in [4.78, 5) is 24.6. The molecule has 6 nitrogen and oxygen atoms in total. The molecule has 1 atom stereocenters. The summed E-state index contributed by atoms with van der Waals surface area (Å²) in [6, 6.07) is 28.5. The molecule has 0 saturated carbocycles. The first-order chi connectivity index (χ1) is 18.3. The number of nitrogens with zero attached hydrogens (tertiary/aromatic N) is 3. The second-order valence-corrected chi connectivity index (χ2v) is 9.47. The molecule has 188 valence electrons. The van der Waals surface area contributed by atoms with Gasteiger partial charge in [0, 0.05) is 38.6 Å². The zero-order valence-corrected chi connectivity index (χ0v) is 21.0. The molecule has 4 aromatic rings. The highest BCUT2D eigenvalue weighted by Crippen LogP contribution is 2.34. The number of nitrogens with one attached hydrogen (secondary N) is 2. The molecule has 0 saturated heterocycles. The average molecular weight is 492 g/mol. The fourth-order valence-electron chi connectivity index (χ4n) is 4.88. The summed E-state index contributed by atoms with van der Waals surface area (Å²) < 4.78 is 0. The fraction of sp³-hybridized carbons (Fsp3) is 0.258. The van der Waals surface area contributed by atoms with E-state index in [9.17, 15) is 4.79 Å². The Morgan fingerprint density at radius 3 is 2.35 bits per heavy atom. The lowest BCUT2D eigenvalue weighted by molar-refractivity contribution is 0.160. The number of hydrogen-bond acceptors (Lipinski definition) is 4. The van der Waals surface area contributed by atoms with E-state index in [1.54, 1.807) is 0 Å². The maximum atomic E-state index is 13.5. The second-order valence-electron chi connectivity index (χ2n) is 9.47. The molecule has 0 bridgehead atoms. The van der Waals surface area contributed by atoms with Crippen LogP contribution in [-0.2, 0) is 32.6 Å². The SMILES string of the molecule is O=C(NCc1ccccc1)N(Cc1ccc(CNCc2ccccn2)cc1)C1CCCc2cccnc21. The summed E-state index contributed by atoms with van der Waals surface area (Å²) in [5.74, 6) is 0. The van der Waals surface area contributed by atoms with Gasteiger partial charge in [-0.05, 0) is 59.7 Å². The van der Waals surface area contributed by atoms with Crippen LogP contribution in [-0.4, -0.2) is 20.9 Å². The van der Waals surface area contributed by atoms with E-state index in [4.69, 9.17) is 4.98 Å². The molecule has 0 spiro atoms. The zero-order chi connectivity index (χ0) is 25.3. The summed E-state index contributed by atoms with van der Waals surface area (Å²) in [5.41, 5.74) is 6.68. The number of carbonyl (C=O) groups excluding carboxylic acids is 1. The lowest BCUT2D eigenvalue weighted by Crippen LogP contribution is -2.42. The largest absolute Gasteiger partial charge is 0.334 e. The van der Waals surface area contributed by atoms with E-state index in [0.717, 1.165) is 54.9 Å². The highest BCUT2D eigenvalue weighted by molar-refractivity contribution is 5.75. The van der Waals surface area contributed by atoms with Crippen molar-refractivity contribution >= 4 is 6.03 Å². The van der Waals surface area contributed by atoms with Crippen LogP contribution in [0.2, 0.25) is 0 Å². The van der Waals surface area contributed by atoms with Crippen molar-refractivity contribution < 1.29 is 4.79 Å². The number of urea groups is 1. The molecule has 1 aliphatic rings. The van der Waals surface area contributed by atoms with Gasteiger partial charge in [-0.2, -0.15) is 0 Å². The van der Waals surface area contributed by atoms with Gasteiger partial charge in [-0.3, -0.25) is 9.97 Å². The lowest BCUT2D eigenvalue weighted by Gasteiger charge is -2.35. The van der Waals surface area contributed by atoms with Crippen molar-refractivity contribution in [3.8, 4) is 0 Å². The standard InChI is InChI=1S/C31H33N5O/c37-31(35-21-24-8-2-1-3-9-24)36(29-13-6-10-27-11-7-19-34-30(27)29)23-26-16-14-25(15-17-26)20-32-22-28-12-4-5-18-33-28/h1-5,7-9,11-12,14-19,29,32H,6,10,13,20-23H2,(H,35,37). The minimum Gasteiger partial charge on any atom is -0.334 e. The summed E-state index contributed by atoms with van der Waals surface area (Å²) >= 11 is 0. The van der Waals surface area contributed by atoms with Crippen LogP contribution < -0.4 is 10.6 Å². The van der Waals surface area contributed by atoms with E-state index >= 15 is 0 Å². The maximum absolute atomic E-state index is 13.5. The molecule has 0 aliphatic heterocycles. The van der Waals surface area contributed by atoms with Crippen LogP contribution in [0.1, 0.15) is 52.5 Å². The molecule has 2 aromatic heterocycles. The van der Waals surface area contributed by atoms with E-state index in [2.05, 4.69) is 45.9 Å². The number of rotatable bonds is 9. The Kier molecular flexibility index (Phi) is 8.18. The van der Waals surface area contributed by atoms with Gasteiger partial charge in [0.25, 0.3) is 0 Å².